The van der Waals surface area contributed by atoms with Crippen LogP contribution in [0.4, 0.5) is 0 Å². The number of ether oxygens (including phenoxy) is 4. The average Bonchev–Trinajstić information content (AvgIpc) is 3.49. The Hall–Kier alpha value is -3.82. The van der Waals surface area contributed by atoms with Gasteiger partial charge in [0.25, 0.3) is 5.79 Å². The van der Waals surface area contributed by atoms with Gasteiger partial charge in [0.1, 0.15) is 22.8 Å². The fourth-order valence-electron chi connectivity index (χ4n) is 5.82. The molecular weight excluding hydrogens is 556 g/mol. The first kappa shape index (κ1) is 28.3. The summed E-state index contributed by atoms with van der Waals surface area (Å²) in [5, 5.41) is 0.569. The number of aromatic nitrogens is 3. The minimum atomic E-state index is -1.00. The molecule has 0 saturated carbocycles. The van der Waals surface area contributed by atoms with E-state index in [1.54, 1.807) is 25.4 Å². The van der Waals surface area contributed by atoms with Crippen molar-refractivity contribution in [3.05, 3.63) is 76.3 Å². The van der Waals surface area contributed by atoms with Crippen molar-refractivity contribution in [3.8, 4) is 17.2 Å². The summed E-state index contributed by atoms with van der Waals surface area (Å²) in [6, 6.07) is 13.3. The number of para-hydroxylation sites is 1. The summed E-state index contributed by atoms with van der Waals surface area (Å²) >= 11 is 6.04. The van der Waals surface area contributed by atoms with Gasteiger partial charge < -0.3 is 23.5 Å². The molecule has 2 aliphatic rings. The molecule has 4 heterocycles. The molecule has 0 radical (unpaired) electrons. The SMILES string of the molecule is COc1cc(C(=O)OC(C)C)cc2c1nc(CN1CCC(c3cccc4c3O[C@@](C)(c3ccc(Cl)cn3)O4)CC1)n2C. The van der Waals surface area contributed by atoms with Crippen LogP contribution in [0, 0.1) is 0 Å². The second kappa shape index (κ2) is 11.1. The Kier molecular flexibility index (Phi) is 7.49. The van der Waals surface area contributed by atoms with Crippen LogP contribution in [0.5, 0.6) is 17.2 Å². The van der Waals surface area contributed by atoms with E-state index >= 15 is 0 Å². The van der Waals surface area contributed by atoms with Gasteiger partial charge in [0.15, 0.2) is 11.5 Å². The molecule has 2 aliphatic heterocycles. The maximum atomic E-state index is 12.6. The molecule has 2 aromatic heterocycles. The quantitative estimate of drug-likeness (QED) is 0.234. The van der Waals surface area contributed by atoms with Crippen LogP contribution in [0.25, 0.3) is 11.0 Å². The number of methoxy groups -OCH3 is 1. The lowest BCUT2D eigenvalue weighted by molar-refractivity contribution is -0.0722. The van der Waals surface area contributed by atoms with Crippen molar-refractivity contribution in [2.75, 3.05) is 20.2 Å². The molecule has 42 heavy (non-hydrogen) atoms. The number of aryl methyl sites for hydroxylation is 1. The molecule has 0 N–H and O–H groups in total. The van der Waals surface area contributed by atoms with E-state index in [4.69, 9.17) is 35.5 Å². The highest BCUT2D eigenvalue weighted by molar-refractivity contribution is 6.30. The first-order valence-corrected chi connectivity index (χ1v) is 14.6. The fraction of sp³-hybridized carbons (Fsp3) is 0.406. The van der Waals surface area contributed by atoms with E-state index in [2.05, 4.69) is 16.0 Å². The third-order valence-corrected chi connectivity index (χ3v) is 8.26. The first-order chi connectivity index (χ1) is 20.1. The summed E-state index contributed by atoms with van der Waals surface area (Å²) in [4.78, 5) is 24.4. The molecule has 1 atom stereocenters. The van der Waals surface area contributed by atoms with Gasteiger partial charge in [-0.1, -0.05) is 23.7 Å². The van der Waals surface area contributed by atoms with E-state index < -0.39 is 5.79 Å². The van der Waals surface area contributed by atoms with Crippen LogP contribution < -0.4 is 14.2 Å². The standard InChI is InChI=1S/C32H35ClN4O5/c1-19(2)40-31(38)21-15-24-29(26(16-21)39-5)35-28(36(24)4)18-37-13-11-20(12-14-37)23-7-6-8-25-30(23)42-32(3,41-25)27-10-9-22(33)17-34-27/h6-10,15-17,19-20H,11-14,18H2,1-5H3/t32-/m0/s1. The number of rotatable bonds is 7. The van der Waals surface area contributed by atoms with Crippen LogP contribution in [0.1, 0.15) is 67.0 Å². The molecule has 1 fully saturated rings. The number of nitrogens with zero attached hydrogens (tertiary/aromatic N) is 4. The summed E-state index contributed by atoms with van der Waals surface area (Å²) in [6.07, 6.45) is 3.36. The number of carbonyl (C=O) groups is 1. The van der Waals surface area contributed by atoms with Crippen LogP contribution in [-0.4, -0.2) is 51.7 Å². The smallest absolute Gasteiger partial charge is 0.338 e. The van der Waals surface area contributed by atoms with Crippen molar-refractivity contribution in [1.29, 1.82) is 0 Å². The number of pyridine rings is 1. The van der Waals surface area contributed by atoms with Crippen molar-refractivity contribution < 1.29 is 23.7 Å². The zero-order valence-electron chi connectivity index (χ0n) is 24.5. The predicted octanol–water partition coefficient (Wildman–Crippen LogP) is 6.22. The molecule has 220 valence electrons. The van der Waals surface area contributed by atoms with E-state index in [0.29, 0.717) is 34.5 Å². The zero-order chi connectivity index (χ0) is 29.6. The minimum Gasteiger partial charge on any atom is -0.494 e. The number of carbonyl (C=O) groups excluding carboxylic acids is 1. The van der Waals surface area contributed by atoms with E-state index in [1.807, 2.05) is 56.7 Å². The molecule has 9 nitrogen and oxygen atoms in total. The fourth-order valence-corrected chi connectivity index (χ4v) is 5.93. The lowest BCUT2D eigenvalue weighted by atomic mass is 9.88. The Morgan fingerprint density at radius 2 is 1.95 bits per heavy atom. The van der Waals surface area contributed by atoms with E-state index in [0.717, 1.165) is 59.9 Å². The largest absolute Gasteiger partial charge is 0.494 e. The second-order valence-corrected chi connectivity index (χ2v) is 11.8. The van der Waals surface area contributed by atoms with Crippen LogP contribution in [-0.2, 0) is 24.1 Å². The molecule has 0 bridgehead atoms. The van der Waals surface area contributed by atoms with Gasteiger partial charge in [0.2, 0.25) is 0 Å². The highest BCUT2D eigenvalue weighted by atomic mass is 35.5. The lowest BCUT2D eigenvalue weighted by Crippen LogP contribution is -2.34. The highest BCUT2D eigenvalue weighted by Crippen LogP contribution is 2.49. The number of hydrogen-bond donors (Lipinski definition) is 0. The number of benzene rings is 2. The molecule has 0 unspecified atom stereocenters. The topological polar surface area (TPSA) is 87.9 Å². The summed E-state index contributed by atoms with van der Waals surface area (Å²) in [7, 11) is 3.57. The molecule has 6 rings (SSSR count). The molecule has 1 saturated heterocycles. The van der Waals surface area contributed by atoms with E-state index in [1.165, 1.54) is 0 Å². The average molecular weight is 591 g/mol. The Bertz CT molecular complexity index is 1630. The number of fused-ring (bicyclic) bond motifs is 2. The Morgan fingerprint density at radius 3 is 2.64 bits per heavy atom. The number of esters is 1. The Labute approximate surface area is 250 Å². The van der Waals surface area contributed by atoms with Gasteiger partial charge in [0.05, 0.1) is 35.9 Å². The summed E-state index contributed by atoms with van der Waals surface area (Å²) in [5.41, 5.74) is 3.87. The van der Waals surface area contributed by atoms with Gasteiger partial charge in [-0.25, -0.2) is 9.78 Å². The van der Waals surface area contributed by atoms with Gasteiger partial charge in [-0.05, 0) is 76.0 Å². The van der Waals surface area contributed by atoms with E-state index in [9.17, 15) is 4.79 Å². The van der Waals surface area contributed by atoms with Crippen molar-refractivity contribution in [2.45, 2.75) is 58.0 Å². The normalized spacial score (nSPS) is 19.0. The maximum Gasteiger partial charge on any atom is 0.338 e. The zero-order valence-corrected chi connectivity index (χ0v) is 25.3. The molecule has 10 heteroatoms. The van der Waals surface area contributed by atoms with Crippen molar-refractivity contribution >= 4 is 28.6 Å². The third kappa shape index (κ3) is 5.27. The van der Waals surface area contributed by atoms with E-state index in [-0.39, 0.29) is 12.1 Å². The van der Waals surface area contributed by atoms with Crippen molar-refractivity contribution in [3.63, 3.8) is 0 Å². The molecule has 0 amide bonds. The van der Waals surface area contributed by atoms with Crippen LogP contribution in [0.2, 0.25) is 5.02 Å². The predicted molar refractivity (Wildman–Crippen MR) is 159 cm³/mol. The Balaban J connectivity index is 1.16. The molecule has 0 aliphatic carbocycles. The van der Waals surface area contributed by atoms with Gasteiger partial charge in [-0.3, -0.25) is 9.88 Å². The summed E-state index contributed by atoms with van der Waals surface area (Å²) in [6.45, 7) is 8.08. The first-order valence-electron chi connectivity index (χ1n) is 14.2. The monoisotopic (exact) mass is 590 g/mol. The number of piperidine rings is 1. The summed E-state index contributed by atoms with van der Waals surface area (Å²) < 4.78 is 25.8. The second-order valence-electron chi connectivity index (χ2n) is 11.3. The molecule has 2 aromatic carbocycles. The maximum absolute atomic E-state index is 12.6. The third-order valence-electron chi connectivity index (χ3n) is 8.04. The van der Waals surface area contributed by atoms with Crippen LogP contribution in [0.15, 0.2) is 48.7 Å². The van der Waals surface area contributed by atoms with Crippen molar-refractivity contribution in [2.24, 2.45) is 7.05 Å². The van der Waals surface area contributed by atoms with Gasteiger partial charge >= 0.3 is 5.97 Å². The molecule has 0 spiro atoms. The molecule has 4 aromatic rings. The summed E-state index contributed by atoms with van der Waals surface area (Å²) in [5.74, 6) is 1.97. The van der Waals surface area contributed by atoms with Crippen LogP contribution >= 0.6 is 11.6 Å². The van der Waals surface area contributed by atoms with Gasteiger partial charge in [-0.15, -0.1) is 0 Å². The number of hydrogen-bond acceptors (Lipinski definition) is 8. The highest BCUT2D eigenvalue weighted by Gasteiger charge is 2.42. The lowest BCUT2D eigenvalue weighted by Gasteiger charge is -2.32. The minimum absolute atomic E-state index is 0.203. The number of imidazole rings is 1. The molecular formula is C32H35ClN4O5. The van der Waals surface area contributed by atoms with Gasteiger partial charge in [0, 0.05) is 25.7 Å². The van der Waals surface area contributed by atoms with Crippen molar-refractivity contribution in [1.82, 2.24) is 19.4 Å². The number of halogens is 1. The van der Waals surface area contributed by atoms with Crippen LogP contribution in [0.3, 0.4) is 0 Å². The van der Waals surface area contributed by atoms with Gasteiger partial charge in [-0.2, -0.15) is 0 Å². The Morgan fingerprint density at radius 1 is 1.17 bits per heavy atom. The number of likely N-dealkylation sites (tertiary alicyclic amines) is 1.